The van der Waals surface area contributed by atoms with E-state index in [0.717, 1.165) is 5.76 Å². The topological polar surface area (TPSA) is 106 Å². The largest absolute Gasteiger partial charge is 0.468 e. The van der Waals surface area contributed by atoms with Crippen LogP contribution in [-0.2, 0) is 9.53 Å². The van der Waals surface area contributed by atoms with E-state index in [1.165, 1.54) is 6.26 Å². The van der Waals surface area contributed by atoms with Crippen LogP contribution in [0, 0.1) is 0 Å². The molecule has 0 aromatic carbocycles. The van der Waals surface area contributed by atoms with E-state index in [9.17, 15) is 9.59 Å². The maximum absolute atomic E-state index is 12.5. The molecule has 0 unspecified atom stereocenters. The predicted molar refractivity (Wildman–Crippen MR) is 91.9 cm³/mol. The van der Waals surface area contributed by atoms with E-state index in [0.29, 0.717) is 17.0 Å². The highest BCUT2D eigenvalue weighted by Crippen LogP contribution is 2.28. The zero-order chi connectivity index (χ0) is 18.5. The molecule has 3 heterocycles. The van der Waals surface area contributed by atoms with Gasteiger partial charge in [-0.3, -0.25) is 0 Å². The quantitative estimate of drug-likeness (QED) is 0.656. The van der Waals surface area contributed by atoms with Crippen molar-refractivity contribution in [2.75, 3.05) is 13.2 Å². The number of hydrogen-bond acceptors (Lipinski definition) is 6. The highest BCUT2D eigenvalue weighted by molar-refractivity contribution is 5.95. The number of rotatable bonds is 7. The fourth-order valence-electron chi connectivity index (χ4n) is 2.77. The number of urea groups is 1. The minimum Gasteiger partial charge on any atom is -0.468 e. The first-order valence-electron chi connectivity index (χ1n) is 8.38. The Bertz CT molecular complexity index is 780. The molecule has 0 fully saturated rings. The molecule has 138 valence electrons. The van der Waals surface area contributed by atoms with E-state index < -0.39 is 18.0 Å². The van der Waals surface area contributed by atoms with Crippen molar-refractivity contribution in [1.29, 1.82) is 0 Å². The summed E-state index contributed by atoms with van der Waals surface area (Å²) < 4.78 is 15.9. The molecule has 0 aliphatic carbocycles. The van der Waals surface area contributed by atoms with Crippen molar-refractivity contribution in [2.24, 2.45) is 0 Å². The van der Waals surface area contributed by atoms with Crippen LogP contribution in [0.4, 0.5) is 4.79 Å². The molecule has 2 atom stereocenters. The first kappa shape index (κ1) is 17.8. The van der Waals surface area contributed by atoms with Gasteiger partial charge in [0.2, 0.25) is 0 Å². The lowest BCUT2D eigenvalue weighted by Crippen LogP contribution is -2.48. The number of amides is 2. The molecule has 1 aliphatic heterocycles. The van der Waals surface area contributed by atoms with Gasteiger partial charge in [-0.25, -0.2) is 9.59 Å². The number of nitrogens with one attached hydrogen (secondary N) is 3. The van der Waals surface area contributed by atoms with Gasteiger partial charge in [0.1, 0.15) is 17.6 Å². The van der Waals surface area contributed by atoms with Gasteiger partial charge in [-0.2, -0.15) is 0 Å². The van der Waals surface area contributed by atoms with Crippen molar-refractivity contribution in [3.05, 3.63) is 59.6 Å². The van der Waals surface area contributed by atoms with Crippen LogP contribution in [-0.4, -0.2) is 25.2 Å². The van der Waals surface area contributed by atoms with Crippen LogP contribution in [0.3, 0.4) is 0 Å². The van der Waals surface area contributed by atoms with Crippen molar-refractivity contribution in [3.63, 3.8) is 0 Å². The summed E-state index contributed by atoms with van der Waals surface area (Å²) >= 11 is 0. The fraction of sp³-hybridized carbons (Fsp3) is 0.333. The highest BCUT2D eigenvalue weighted by atomic mass is 16.5. The number of carbonyl (C=O) groups is 2. The van der Waals surface area contributed by atoms with Gasteiger partial charge >= 0.3 is 12.0 Å². The predicted octanol–water partition coefficient (Wildman–Crippen LogP) is 2.39. The summed E-state index contributed by atoms with van der Waals surface area (Å²) in [4.78, 5) is 24.6. The Morgan fingerprint density at radius 3 is 2.73 bits per heavy atom. The zero-order valence-corrected chi connectivity index (χ0v) is 14.6. The monoisotopic (exact) mass is 359 g/mol. The van der Waals surface area contributed by atoms with E-state index in [-0.39, 0.29) is 19.2 Å². The average molecular weight is 359 g/mol. The van der Waals surface area contributed by atoms with E-state index in [2.05, 4.69) is 16.0 Å². The van der Waals surface area contributed by atoms with Crippen LogP contribution in [0.1, 0.15) is 37.5 Å². The second kappa shape index (κ2) is 7.92. The minimum absolute atomic E-state index is 0.102. The lowest BCUT2D eigenvalue weighted by Gasteiger charge is -2.28. The van der Waals surface area contributed by atoms with Gasteiger partial charge in [0, 0.05) is 12.2 Å². The van der Waals surface area contributed by atoms with Gasteiger partial charge < -0.3 is 29.5 Å². The van der Waals surface area contributed by atoms with Crippen LogP contribution < -0.4 is 16.0 Å². The molecule has 2 aromatic rings. The molecule has 2 amide bonds. The van der Waals surface area contributed by atoms with Crippen molar-refractivity contribution < 1.29 is 23.2 Å². The molecule has 0 radical (unpaired) electrons. The molecule has 8 nitrogen and oxygen atoms in total. The zero-order valence-electron chi connectivity index (χ0n) is 14.6. The third-order valence-electron chi connectivity index (χ3n) is 4.03. The van der Waals surface area contributed by atoms with Gasteiger partial charge in [0.05, 0.1) is 30.7 Å². The number of hydrogen-bond donors (Lipinski definition) is 3. The third kappa shape index (κ3) is 3.80. The Hall–Kier alpha value is -3.00. The summed E-state index contributed by atoms with van der Waals surface area (Å²) in [5.74, 6) is 0.703. The van der Waals surface area contributed by atoms with Gasteiger partial charge in [-0.1, -0.05) is 0 Å². The summed E-state index contributed by atoms with van der Waals surface area (Å²) in [5.41, 5.74) is 0.743. The Balaban J connectivity index is 1.88. The maximum Gasteiger partial charge on any atom is 0.338 e. The molecule has 0 saturated heterocycles. The summed E-state index contributed by atoms with van der Waals surface area (Å²) in [7, 11) is 0. The molecule has 3 N–H and O–H groups in total. The molecule has 3 rings (SSSR count). The Morgan fingerprint density at radius 2 is 2.08 bits per heavy atom. The Kier molecular flexibility index (Phi) is 5.43. The number of esters is 1. The second-order valence-electron chi connectivity index (χ2n) is 5.78. The summed E-state index contributed by atoms with van der Waals surface area (Å²) in [6.45, 7) is 4.13. The molecular formula is C18H21N3O5. The van der Waals surface area contributed by atoms with Gasteiger partial charge in [-0.05, 0) is 38.1 Å². The van der Waals surface area contributed by atoms with Crippen LogP contribution in [0.5, 0.6) is 0 Å². The lowest BCUT2D eigenvalue weighted by molar-refractivity contribution is -0.139. The molecule has 0 bridgehead atoms. The second-order valence-corrected chi connectivity index (χ2v) is 5.78. The smallest absolute Gasteiger partial charge is 0.338 e. The van der Waals surface area contributed by atoms with Crippen molar-refractivity contribution >= 4 is 12.0 Å². The average Bonchev–Trinajstić information content (AvgIpc) is 3.32. The van der Waals surface area contributed by atoms with Crippen LogP contribution in [0.2, 0.25) is 0 Å². The number of furan rings is 2. The normalized spacial score (nSPS) is 18.2. The van der Waals surface area contributed by atoms with Gasteiger partial charge in [0.15, 0.2) is 0 Å². The first-order chi connectivity index (χ1) is 12.6. The van der Waals surface area contributed by atoms with Gasteiger partial charge in [0.25, 0.3) is 0 Å². The Morgan fingerprint density at radius 1 is 1.31 bits per heavy atom. The molecule has 1 aliphatic rings. The summed E-state index contributed by atoms with van der Waals surface area (Å²) in [6, 6.07) is 5.82. The molecule has 2 aromatic heterocycles. The summed E-state index contributed by atoms with van der Waals surface area (Å²) in [6.07, 6.45) is 3.08. The fourth-order valence-corrected chi connectivity index (χ4v) is 2.77. The van der Waals surface area contributed by atoms with Crippen LogP contribution in [0.25, 0.3) is 0 Å². The third-order valence-corrected chi connectivity index (χ3v) is 4.03. The number of ether oxygens (including phenoxy) is 1. The van der Waals surface area contributed by atoms with E-state index >= 15 is 0 Å². The molecular weight excluding hydrogens is 338 g/mol. The van der Waals surface area contributed by atoms with Crippen molar-refractivity contribution in [2.45, 2.75) is 25.9 Å². The van der Waals surface area contributed by atoms with Crippen molar-refractivity contribution in [1.82, 2.24) is 16.0 Å². The van der Waals surface area contributed by atoms with E-state index in [1.807, 2.05) is 13.0 Å². The molecule has 26 heavy (non-hydrogen) atoms. The standard InChI is InChI=1S/C18H21N3O5/c1-3-24-17(22)15-12(10-19-11(2)13-6-4-8-25-13)20-18(23)21-16(15)14-7-5-9-26-14/h4-9,11,16,19H,3,10H2,1-2H3,(H2,20,21,23)/t11-,16+/m1/s1. The van der Waals surface area contributed by atoms with Crippen LogP contribution in [0.15, 0.2) is 56.9 Å². The summed E-state index contributed by atoms with van der Waals surface area (Å²) in [5, 5.41) is 8.63. The van der Waals surface area contributed by atoms with Crippen LogP contribution >= 0.6 is 0 Å². The molecule has 8 heteroatoms. The molecule has 0 saturated carbocycles. The highest BCUT2D eigenvalue weighted by Gasteiger charge is 2.35. The van der Waals surface area contributed by atoms with E-state index in [1.54, 1.807) is 31.4 Å². The maximum atomic E-state index is 12.5. The number of carbonyl (C=O) groups excluding carboxylic acids is 2. The SMILES string of the molecule is CCOC(=O)C1=C(CN[C@H](C)c2ccco2)NC(=O)N[C@H]1c1ccco1. The van der Waals surface area contributed by atoms with Crippen molar-refractivity contribution in [3.8, 4) is 0 Å². The first-order valence-corrected chi connectivity index (χ1v) is 8.38. The van der Waals surface area contributed by atoms with E-state index in [4.69, 9.17) is 13.6 Å². The van der Waals surface area contributed by atoms with Gasteiger partial charge in [-0.15, -0.1) is 0 Å². The lowest BCUT2D eigenvalue weighted by atomic mass is 10.00. The molecule has 0 spiro atoms. The Labute approximate surface area is 150 Å². The minimum atomic E-state index is -0.714.